The summed E-state index contributed by atoms with van der Waals surface area (Å²) >= 11 is 0. The first-order valence-electron chi connectivity index (χ1n) is 11.7. The fourth-order valence-corrected chi connectivity index (χ4v) is 4.28. The summed E-state index contributed by atoms with van der Waals surface area (Å²) in [5, 5.41) is 8.05. The van der Waals surface area contributed by atoms with E-state index in [0.717, 1.165) is 27.5 Å². The Morgan fingerprint density at radius 3 is 1.95 bits per heavy atom. The summed E-state index contributed by atoms with van der Waals surface area (Å²) < 4.78 is 21.6. The van der Waals surface area contributed by atoms with Gasteiger partial charge in [0, 0.05) is 46.4 Å². The third kappa shape index (κ3) is 4.90. The average molecular weight is 511 g/mol. The fraction of sp³-hybridized carbons (Fsp3) is 0.103. The van der Waals surface area contributed by atoms with E-state index < -0.39 is 6.09 Å². The number of rotatable bonds is 7. The van der Waals surface area contributed by atoms with Gasteiger partial charge in [-0.2, -0.15) is 0 Å². The van der Waals surface area contributed by atoms with Gasteiger partial charge in [0.1, 0.15) is 5.75 Å². The summed E-state index contributed by atoms with van der Waals surface area (Å²) in [7, 11) is 4.50. The number of nitrogens with two attached hydrogens (primary N) is 1. The molecule has 0 atom stereocenters. The van der Waals surface area contributed by atoms with E-state index >= 15 is 0 Å². The summed E-state index contributed by atoms with van der Waals surface area (Å²) in [6.45, 7) is 0. The first-order chi connectivity index (χ1) is 18.5. The van der Waals surface area contributed by atoms with Gasteiger partial charge in [0.25, 0.3) is 0 Å². The highest BCUT2D eigenvalue weighted by Crippen LogP contribution is 2.40. The number of nitrogens with zero attached hydrogens (tertiary/aromatic N) is 1. The minimum atomic E-state index is -0.712. The predicted octanol–water partition coefficient (Wildman–Crippen LogP) is 6.35. The predicted molar refractivity (Wildman–Crippen MR) is 149 cm³/mol. The number of hydrogen-bond acceptors (Lipinski definition) is 8. The molecule has 0 spiro atoms. The van der Waals surface area contributed by atoms with Gasteiger partial charge in [-0.3, -0.25) is 5.32 Å². The van der Waals surface area contributed by atoms with Crippen LogP contribution in [0.5, 0.6) is 23.0 Å². The lowest BCUT2D eigenvalue weighted by atomic mass is 10.1. The zero-order chi connectivity index (χ0) is 26.6. The normalized spacial score (nSPS) is 10.7. The van der Waals surface area contributed by atoms with E-state index in [4.69, 9.17) is 29.7 Å². The molecule has 5 aromatic rings. The Hall–Kier alpha value is -5.18. The van der Waals surface area contributed by atoms with Crippen molar-refractivity contribution < 1.29 is 23.7 Å². The molecule has 9 heteroatoms. The van der Waals surface area contributed by atoms with Gasteiger partial charge < -0.3 is 30.0 Å². The molecule has 0 fully saturated rings. The highest BCUT2D eigenvalue weighted by molar-refractivity contribution is 6.08. The maximum atomic E-state index is 12.8. The average Bonchev–Trinajstić information content (AvgIpc) is 2.91. The molecule has 192 valence electrons. The Morgan fingerprint density at radius 1 is 0.763 bits per heavy atom. The number of pyridine rings is 1. The highest BCUT2D eigenvalue weighted by Gasteiger charge is 2.16. The van der Waals surface area contributed by atoms with Crippen molar-refractivity contribution in [2.45, 2.75) is 0 Å². The van der Waals surface area contributed by atoms with Crippen molar-refractivity contribution in [2.24, 2.45) is 0 Å². The van der Waals surface area contributed by atoms with Crippen LogP contribution >= 0.6 is 0 Å². The molecule has 0 aliphatic carbocycles. The van der Waals surface area contributed by atoms with Gasteiger partial charge in [-0.15, -0.1) is 0 Å². The fourth-order valence-electron chi connectivity index (χ4n) is 4.28. The Morgan fingerprint density at radius 2 is 1.37 bits per heavy atom. The van der Waals surface area contributed by atoms with Gasteiger partial charge in [0.05, 0.1) is 43.7 Å². The van der Waals surface area contributed by atoms with Crippen LogP contribution in [0.15, 0.2) is 78.9 Å². The molecule has 38 heavy (non-hydrogen) atoms. The second-order valence-corrected chi connectivity index (χ2v) is 8.37. The molecule has 5 rings (SSSR count). The second kappa shape index (κ2) is 10.4. The Balaban J connectivity index is 1.42. The Labute approximate surface area is 219 Å². The number of anilines is 4. The molecule has 0 aliphatic rings. The van der Waals surface area contributed by atoms with Gasteiger partial charge in [0.15, 0.2) is 11.5 Å². The number of amides is 1. The number of benzene rings is 4. The SMILES string of the molecule is COc1cc(NC(=O)Oc2cc(N)cc(Nc3c4ccccc4nc4ccccc34)c2)cc(OC)c1OC. The zero-order valence-electron chi connectivity index (χ0n) is 21.1. The smallest absolute Gasteiger partial charge is 0.417 e. The number of nitrogens with one attached hydrogen (secondary N) is 2. The van der Waals surface area contributed by atoms with Crippen LogP contribution in [0.2, 0.25) is 0 Å². The molecule has 1 aromatic heterocycles. The van der Waals surface area contributed by atoms with Crippen molar-refractivity contribution in [1.29, 1.82) is 0 Å². The highest BCUT2D eigenvalue weighted by atomic mass is 16.6. The number of hydrogen-bond donors (Lipinski definition) is 3. The Bertz CT molecular complexity index is 1570. The van der Waals surface area contributed by atoms with E-state index in [1.807, 2.05) is 48.5 Å². The summed E-state index contributed by atoms with van der Waals surface area (Å²) in [6, 6.07) is 24.0. The van der Waals surface area contributed by atoms with Gasteiger partial charge in [-0.25, -0.2) is 9.78 Å². The van der Waals surface area contributed by atoms with E-state index in [9.17, 15) is 4.79 Å². The van der Waals surface area contributed by atoms with Gasteiger partial charge in [-0.1, -0.05) is 36.4 Å². The molecule has 0 radical (unpaired) electrons. The molecule has 1 heterocycles. The molecule has 9 nitrogen and oxygen atoms in total. The molecule has 0 saturated heterocycles. The molecule has 1 amide bonds. The molecule has 0 unspecified atom stereocenters. The Kier molecular flexibility index (Phi) is 6.73. The quantitative estimate of drug-likeness (QED) is 0.171. The lowest BCUT2D eigenvalue weighted by molar-refractivity contribution is 0.215. The van der Waals surface area contributed by atoms with E-state index in [0.29, 0.717) is 34.3 Å². The molecule has 4 N–H and O–H groups in total. The minimum absolute atomic E-state index is 0.264. The number of aromatic nitrogens is 1. The van der Waals surface area contributed by atoms with Crippen molar-refractivity contribution in [3.05, 3.63) is 78.9 Å². The standard InChI is InChI=1S/C29H26N4O5/c1-35-25-15-19(16-26(36-2)28(25)37-3)32-29(34)38-20-13-17(30)12-18(14-20)31-27-21-8-4-6-10-23(21)33-24-11-7-5-9-22(24)27/h4-16H,30H2,1-3H3,(H,31,33)(H,32,34). The van der Waals surface area contributed by atoms with Gasteiger partial charge in [-0.05, 0) is 18.2 Å². The topological polar surface area (TPSA) is 117 Å². The summed E-state index contributed by atoms with van der Waals surface area (Å²) in [4.78, 5) is 17.5. The second-order valence-electron chi connectivity index (χ2n) is 8.37. The van der Waals surface area contributed by atoms with Crippen LogP contribution in [-0.2, 0) is 0 Å². The molecule has 4 aromatic carbocycles. The maximum absolute atomic E-state index is 12.8. The number of fused-ring (bicyclic) bond motifs is 2. The van der Waals surface area contributed by atoms with E-state index in [2.05, 4.69) is 10.6 Å². The van der Waals surface area contributed by atoms with Crippen LogP contribution in [0.3, 0.4) is 0 Å². The van der Waals surface area contributed by atoms with E-state index in [1.165, 1.54) is 21.3 Å². The first kappa shape index (κ1) is 24.5. The van der Waals surface area contributed by atoms with Crippen LogP contribution in [0.25, 0.3) is 21.8 Å². The molecular formula is C29H26N4O5. The van der Waals surface area contributed by atoms with Crippen molar-refractivity contribution in [3.8, 4) is 23.0 Å². The summed E-state index contributed by atoms with van der Waals surface area (Å²) in [6.07, 6.45) is -0.712. The van der Waals surface area contributed by atoms with Crippen LogP contribution in [0, 0.1) is 0 Å². The molecular weight excluding hydrogens is 484 g/mol. The van der Waals surface area contributed by atoms with Crippen LogP contribution in [-0.4, -0.2) is 32.4 Å². The lowest BCUT2D eigenvalue weighted by Gasteiger charge is -2.16. The summed E-state index contributed by atoms with van der Waals surface area (Å²) in [5.74, 6) is 1.47. The monoisotopic (exact) mass is 510 g/mol. The van der Waals surface area contributed by atoms with E-state index in [-0.39, 0.29) is 5.75 Å². The zero-order valence-corrected chi connectivity index (χ0v) is 21.1. The summed E-state index contributed by atoms with van der Waals surface area (Å²) in [5.41, 5.74) is 10.2. The number of nitrogen functional groups attached to an aromatic ring is 1. The van der Waals surface area contributed by atoms with E-state index in [1.54, 1.807) is 30.3 Å². The minimum Gasteiger partial charge on any atom is -0.493 e. The molecule has 0 saturated carbocycles. The van der Waals surface area contributed by atoms with Crippen molar-refractivity contribution in [2.75, 3.05) is 37.7 Å². The van der Waals surface area contributed by atoms with Gasteiger partial charge >= 0.3 is 6.09 Å². The maximum Gasteiger partial charge on any atom is 0.417 e. The number of para-hydroxylation sites is 2. The molecule has 0 aliphatic heterocycles. The van der Waals surface area contributed by atoms with Gasteiger partial charge in [0.2, 0.25) is 5.75 Å². The first-order valence-corrected chi connectivity index (χ1v) is 11.7. The van der Waals surface area contributed by atoms with Crippen molar-refractivity contribution in [1.82, 2.24) is 4.98 Å². The van der Waals surface area contributed by atoms with Crippen LogP contribution < -0.4 is 35.3 Å². The third-order valence-corrected chi connectivity index (χ3v) is 5.91. The largest absolute Gasteiger partial charge is 0.493 e. The number of methoxy groups -OCH3 is 3. The number of carbonyl (C=O) groups excluding carboxylic acids is 1. The van der Waals surface area contributed by atoms with Crippen LogP contribution in [0.1, 0.15) is 0 Å². The van der Waals surface area contributed by atoms with Crippen LogP contribution in [0.4, 0.5) is 27.5 Å². The van der Waals surface area contributed by atoms with Crippen molar-refractivity contribution in [3.63, 3.8) is 0 Å². The number of carbonyl (C=O) groups is 1. The molecule has 0 bridgehead atoms. The number of ether oxygens (including phenoxy) is 4. The lowest BCUT2D eigenvalue weighted by Crippen LogP contribution is -2.17. The third-order valence-electron chi connectivity index (χ3n) is 5.91. The van der Waals surface area contributed by atoms with Crippen molar-refractivity contribution >= 4 is 50.6 Å².